The summed E-state index contributed by atoms with van der Waals surface area (Å²) in [4.78, 5) is 0. The molecule has 4 aliphatic carbocycles. The van der Waals surface area contributed by atoms with Crippen molar-refractivity contribution < 1.29 is 5.11 Å². The van der Waals surface area contributed by atoms with Crippen LogP contribution in [0.1, 0.15) is 56.6 Å². The van der Waals surface area contributed by atoms with Gasteiger partial charge in [-0.3, -0.25) is 5.32 Å². The summed E-state index contributed by atoms with van der Waals surface area (Å²) in [6.45, 7) is 0.0308. The Morgan fingerprint density at radius 2 is 1.67 bits per heavy atom. The molecule has 1 aromatic carbocycles. The van der Waals surface area contributed by atoms with Crippen molar-refractivity contribution in [3.05, 3.63) is 35.9 Å². The number of rotatable bonds is 6. The topological polar surface area (TPSA) is 56.0 Å². The fourth-order valence-corrected chi connectivity index (χ4v) is 6.30. The zero-order valence-electron chi connectivity index (χ0n) is 14.3. The molecule has 0 amide bonds. The highest BCUT2D eigenvalue weighted by Gasteiger charge is 2.51. The van der Waals surface area contributed by atoms with Gasteiger partial charge in [0.05, 0.1) is 24.8 Å². The maximum Gasteiger partial charge on any atom is 0.0963 e. The van der Waals surface area contributed by atoms with Crippen molar-refractivity contribution in [2.45, 2.75) is 57.0 Å². The van der Waals surface area contributed by atoms with Gasteiger partial charge in [0.2, 0.25) is 0 Å². The van der Waals surface area contributed by atoms with Crippen LogP contribution in [0.15, 0.2) is 30.3 Å². The molecule has 3 nitrogen and oxygen atoms in total. The van der Waals surface area contributed by atoms with Crippen LogP contribution in [0.3, 0.4) is 0 Å². The lowest BCUT2D eigenvalue weighted by atomic mass is 9.48. The van der Waals surface area contributed by atoms with E-state index in [1.807, 2.05) is 30.3 Å². The molecule has 3 heteroatoms. The van der Waals surface area contributed by atoms with Gasteiger partial charge in [0.15, 0.2) is 0 Å². The minimum absolute atomic E-state index is 0.0308. The molecule has 4 saturated carbocycles. The second kappa shape index (κ2) is 6.50. The quantitative estimate of drug-likeness (QED) is 0.836. The SMILES string of the molecule is N#C[C@@H](CC12CC3CC(CC(C3)C1)C2)NC(CO)c1ccccc1. The first-order chi connectivity index (χ1) is 11.7. The van der Waals surface area contributed by atoms with Crippen molar-refractivity contribution in [2.75, 3.05) is 6.61 Å². The number of aliphatic hydroxyl groups excluding tert-OH is 1. The normalized spacial score (nSPS) is 36.2. The van der Waals surface area contributed by atoms with Crippen molar-refractivity contribution in [1.82, 2.24) is 5.32 Å². The molecule has 0 heterocycles. The highest BCUT2D eigenvalue weighted by molar-refractivity contribution is 5.20. The third-order valence-corrected chi connectivity index (χ3v) is 6.74. The fourth-order valence-electron chi connectivity index (χ4n) is 6.30. The molecule has 0 aromatic heterocycles. The van der Waals surface area contributed by atoms with Crippen LogP contribution in [-0.2, 0) is 0 Å². The lowest BCUT2D eigenvalue weighted by Gasteiger charge is -2.57. The van der Waals surface area contributed by atoms with E-state index in [1.165, 1.54) is 38.5 Å². The first-order valence-electron chi connectivity index (χ1n) is 9.51. The van der Waals surface area contributed by atoms with Crippen LogP contribution in [0.4, 0.5) is 0 Å². The predicted molar refractivity (Wildman–Crippen MR) is 94.0 cm³/mol. The van der Waals surface area contributed by atoms with Crippen molar-refractivity contribution in [3.63, 3.8) is 0 Å². The van der Waals surface area contributed by atoms with E-state index in [9.17, 15) is 10.4 Å². The number of nitrogens with one attached hydrogen (secondary N) is 1. The van der Waals surface area contributed by atoms with Crippen LogP contribution in [0.2, 0.25) is 0 Å². The second-order valence-corrected chi connectivity index (χ2v) is 8.62. The Hall–Kier alpha value is -1.37. The Balaban J connectivity index is 1.45. The highest BCUT2D eigenvalue weighted by atomic mass is 16.3. The van der Waals surface area contributed by atoms with Crippen LogP contribution in [0.5, 0.6) is 0 Å². The third kappa shape index (κ3) is 3.10. The first-order valence-corrected chi connectivity index (χ1v) is 9.51. The maximum absolute atomic E-state index is 9.78. The minimum Gasteiger partial charge on any atom is -0.394 e. The Morgan fingerprint density at radius 1 is 1.08 bits per heavy atom. The number of hydrogen-bond donors (Lipinski definition) is 2. The van der Waals surface area contributed by atoms with E-state index in [4.69, 9.17) is 0 Å². The molecule has 4 fully saturated rings. The lowest BCUT2D eigenvalue weighted by Crippen LogP contribution is -2.49. The summed E-state index contributed by atoms with van der Waals surface area (Å²) in [6, 6.07) is 12.2. The predicted octanol–water partition coefficient (Wildman–Crippen LogP) is 3.81. The van der Waals surface area contributed by atoms with Gasteiger partial charge in [-0.15, -0.1) is 0 Å². The number of nitriles is 1. The van der Waals surface area contributed by atoms with Gasteiger partial charge in [0.1, 0.15) is 0 Å². The number of benzene rings is 1. The molecule has 4 bridgehead atoms. The van der Waals surface area contributed by atoms with Crippen molar-refractivity contribution >= 4 is 0 Å². The van der Waals surface area contributed by atoms with E-state index in [2.05, 4.69) is 11.4 Å². The smallest absolute Gasteiger partial charge is 0.0963 e. The van der Waals surface area contributed by atoms with Crippen molar-refractivity contribution in [3.8, 4) is 6.07 Å². The molecule has 1 unspecified atom stereocenters. The average molecular weight is 324 g/mol. The Labute approximate surface area is 145 Å². The van der Waals surface area contributed by atoms with Crippen LogP contribution in [0.25, 0.3) is 0 Å². The van der Waals surface area contributed by atoms with Crippen molar-refractivity contribution in [1.29, 1.82) is 5.26 Å². The summed E-state index contributed by atoms with van der Waals surface area (Å²) in [5, 5.41) is 22.9. The summed E-state index contributed by atoms with van der Waals surface area (Å²) in [5.41, 5.74) is 1.45. The molecular formula is C21H28N2O. The summed E-state index contributed by atoms with van der Waals surface area (Å²) in [5.74, 6) is 2.75. The lowest BCUT2D eigenvalue weighted by molar-refractivity contribution is -0.0601. The third-order valence-electron chi connectivity index (χ3n) is 6.74. The van der Waals surface area contributed by atoms with Gasteiger partial charge in [-0.1, -0.05) is 30.3 Å². The number of aliphatic hydroxyl groups is 1. The van der Waals surface area contributed by atoms with E-state index in [0.717, 1.165) is 29.7 Å². The molecule has 4 aliphatic rings. The zero-order valence-corrected chi connectivity index (χ0v) is 14.3. The molecule has 128 valence electrons. The van der Waals surface area contributed by atoms with Crippen molar-refractivity contribution in [2.24, 2.45) is 23.2 Å². The molecular weight excluding hydrogens is 296 g/mol. The maximum atomic E-state index is 9.78. The van der Waals surface area contributed by atoms with Crippen LogP contribution >= 0.6 is 0 Å². The Kier molecular flexibility index (Phi) is 4.37. The summed E-state index contributed by atoms with van der Waals surface area (Å²) >= 11 is 0. The van der Waals surface area contributed by atoms with E-state index in [-0.39, 0.29) is 18.7 Å². The summed E-state index contributed by atoms with van der Waals surface area (Å²) < 4.78 is 0. The molecule has 0 saturated heterocycles. The molecule has 2 atom stereocenters. The Morgan fingerprint density at radius 3 is 2.17 bits per heavy atom. The van der Waals surface area contributed by atoms with Gasteiger partial charge in [-0.05, 0) is 73.7 Å². The zero-order chi connectivity index (χ0) is 16.6. The molecule has 0 radical (unpaired) electrons. The van der Waals surface area contributed by atoms with Crippen LogP contribution in [-0.4, -0.2) is 17.8 Å². The van der Waals surface area contributed by atoms with Gasteiger partial charge in [-0.2, -0.15) is 5.26 Å². The van der Waals surface area contributed by atoms with Gasteiger partial charge < -0.3 is 5.11 Å². The van der Waals surface area contributed by atoms with Crippen LogP contribution < -0.4 is 5.32 Å². The van der Waals surface area contributed by atoms with Gasteiger partial charge in [0, 0.05) is 0 Å². The van der Waals surface area contributed by atoms with E-state index in [0.29, 0.717) is 5.41 Å². The van der Waals surface area contributed by atoms with Gasteiger partial charge in [0.25, 0.3) is 0 Å². The molecule has 2 N–H and O–H groups in total. The number of nitrogens with zero attached hydrogens (tertiary/aromatic N) is 1. The minimum atomic E-state index is -0.168. The Bertz CT molecular complexity index is 571. The number of hydrogen-bond acceptors (Lipinski definition) is 3. The van der Waals surface area contributed by atoms with Gasteiger partial charge in [-0.25, -0.2) is 0 Å². The average Bonchev–Trinajstić information content (AvgIpc) is 2.58. The van der Waals surface area contributed by atoms with E-state index >= 15 is 0 Å². The monoisotopic (exact) mass is 324 g/mol. The van der Waals surface area contributed by atoms with E-state index in [1.54, 1.807) is 0 Å². The fraction of sp³-hybridized carbons (Fsp3) is 0.667. The van der Waals surface area contributed by atoms with Crippen LogP contribution in [0, 0.1) is 34.5 Å². The molecule has 24 heavy (non-hydrogen) atoms. The second-order valence-electron chi connectivity index (χ2n) is 8.62. The molecule has 0 aliphatic heterocycles. The molecule has 1 aromatic rings. The molecule has 5 rings (SSSR count). The van der Waals surface area contributed by atoms with Gasteiger partial charge >= 0.3 is 0 Å². The summed E-state index contributed by atoms with van der Waals surface area (Å²) in [7, 11) is 0. The highest BCUT2D eigenvalue weighted by Crippen LogP contribution is 2.61. The molecule has 0 spiro atoms. The summed E-state index contributed by atoms with van der Waals surface area (Å²) in [6.07, 6.45) is 9.25. The first kappa shape index (κ1) is 16.1. The standard InChI is InChI=1S/C21H28N2O/c22-13-19(23-20(14-24)18-4-2-1-3-5-18)12-21-9-15-6-16(10-21)8-17(7-15)11-21/h1-5,15-17,19-20,23-24H,6-12,14H2/t15?,16?,17?,19-,20?,21?/m1/s1. The van der Waals surface area contributed by atoms with E-state index < -0.39 is 0 Å². The largest absolute Gasteiger partial charge is 0.394 e.